The number of guanidine groups is 1. The molecule has 3 rings (SSSR count). The van der Waals surface area contributed by atoms with Crippen LogP contribution in [-0.2, 0) is 13.1 Å². The number of benzene rings is 1. The summed E-state index contributed by atoms with van der Waals surface area (Å²) in [6, 6.07) is 10.1. The van der Waals surface area contributed by atoms with Crippen molar-refractivity contribution in [2.75, 3.05) is 13.6 Å². The molecule has 150 valence electrons. The molecule has 0 radical (unpaired) electrons. The number of aliphatic imine (C=N–C) groups is 1. The lowest BCUT2D eigenvalue weighted by Crippen LogP contribution is -2.39. The molecule has 7 nitrogen and oxygen atoms in total. The molecule has 0 saturated heterocycles. The highest BCUT2D eigenvalue weighted by Crippen LogP contribution is 2.18. The Morgan fingerprint density at radius 3 is 2.71 bits per heavy atom. The first-order valence-electron chi connectivity index (χ1n) is 9.07. The average molecular weight is 494 g/mol. The molecule has 2 heterocycles. The lowest BCUT2D eigenvalue weighted by atomic mass is 10.1. The van der Waals surface area contributed by atoms with E-state index in [9.17, 15) is 0 Å². The molecule has 3 aromatic rings. The van der Waals surface area contributed by atoms with Crippen LogP contribution in [0.2, 0.25) is 0 Å². The van der Waals surface area contributed by atoms with Crippen molar-refractivity contribution in [1.29, 1.82) is 0 Å². The largest absolute Gasteiger partial charge is 0.444 e. The molecular weight excluding hydrogens is 467 g/mol. The van der Waals surface area contributed by atoms with E-state index < -0.39 is 0 Å². The summed E-state index contributed by atoms with van der Waals surface area (Å²) in [6.07, 6.45) is 5.44. The topological polar surface area (TPSA) is 80.3 Å². The van der Waals surface area contributed by atoms with Crippen molar-refractivity contribution in [3.63, 3.8) is 0 Å². The zero-order chi connectivity index (χ0) is 19.1. The van der Waals surface area contributed by atoms with Gasteiger partial charge in [-0.05, 0) is 31.0 Å². The Kier molecular flexibility index (Phi) is 8.49. The lowest BCUT2D eigenvalue weighted by Gasteiger charge is -2.15. The summed E-state index contributed by atoms with van der Waals surface area (Å²) >= 11 is 0. The Morgan fingerprint density at radius 2 is 2.04 bits per heavy atom. The lowest BCUT2D eigenvalue weighted by molar-refractivity contribution is 0.443. The fraction of sp³-hybridized carbons (Fsp3) is 0.350. The fourth-order valence-electron chi connectivity index (χ4n) is 2.68. The first kappa shape index (κ1) is 21.9. The summed E-state index contributed by atoms with van der Waals surface area (Å²) in [6.45, 7) is 6.44. The smallest absolute Gasteiger partial charge is 0.226 e. The highest BCUT2D eigenvalue weighted by atomic mass is 127. The molecule has 0 saturated carbocycles. The molecule has 28 heavy (non-hydrogen) atoms. The van der Waals surface area contributed by atoms with Gasteiger partial charge in [0.2, 0.25) is 5.89 Å². The van der Waals surface area contributed by atoms with Crippen molar-refractivity contribution in [3.8, 4) is 11.5 Å². The van der Waals surface area contributed by atoms with Crippen LogP contribution in [-0.4, -0.2) is 34.3 Å². The van der Waals surface area contributed by atoms with Crippen molar-refractivity contribution < 1.29 is 4.42 Å². The van der Waals surface area contributed by atoms with Gasteiger partial charge in [-0.3, -0.25) is 9.67 Å². The first-order valence-corrected chi connectivity index (χ1v) is 9.07. The van der Waals surface area contributed by atoms with Crippen molar-refractivity contribution in [1.82, 2.24) is 25.4 Å². The fourth-order valence-corrected chi connectivity index (χ4v) is 2.68. The highest BCUT2D eigenvalue weighted by Gasteiger charge is 2.08. The highest BCUT2D eigenvalue weighted by molar-refractivity contribution is 14.0. The molecule has 8 heteroatoms. The Morgan fingerprint density at radius 1 is 1.25 bits per heavy atom. The third kappa shape index (κ3) is 6.36. The van der Waals surface area contributed by atoms with Gasteiger partial charge >= 0.3 is 0 Å². The molecule has 1 aromatic carbocycles. The van der Waals surface area contributed by atoms with E-state index in [2.05, 4.69) is 39.6 Å². The molecule has 1 atom stereocenters. The Hall–Kier alpha value is -2.36. The zero-order valence-electron chi connectivity index (χ0n) is 16.4. The molecule has 0 aliphatic heterocycles. The maximum Gasteiger partial charge on any atom is 0.226 e. The maximum absolute atomic E-state index is 5.59. The number of hydrogen-bond donors (Lipinski definition) is 2. The van der Waals surface area contributed by atoms with E-state index in [4.69, 9.17) is 4.42 Å². The molecule has 0 aliphatic rings. The first-order chi connectivity index (χ1) is 13.1. The summed E-state index contributed by atoms with van der Waals surface area (Å²) in [5.74, 6) is 1.79. The van der Waals surface area contributed by atoms with Gasteiger partial charge in [0.25, 0.3) is 0 Å². The van der Waals surface area contributed by atoms with Crippen molar-refractivity contribution in [3.05, 3.63) is 60.2 Å². The zero-order valence-corrected chi connectivity index (χ0v) is 18.8. The van der Waals surface area contributed by atoms with E-state index in [-0.39, 0.29) is 24.0 Å². The second-order valence-corrected chi connectivity index (χ2v) is 6.65. The van der Waals surface area contributed by atoms with E-state index in [1.165, 1.54) is 5.56 Å². The molecular formula is C20H27IN6O. The summed E-state index contributed by atoms with van der Waals surface area (Å²) in [4.78, 5) is 8.80. The van der Waals surface area contributed by atoms with Gasteiger partial charge in [0.15, 0.2) is 5.96 Å². The second-order valence-electron chi connectivity index (χ2n) is 6.65. The van der Waals surface area contributed by atoms with Crippen LogP contribution in [0.3, 0.4) is 0 Å². The molecule has 2 aromatic heterocycles. The molecule has 2 N–H and O–H groups in total. The molecule has 0 aliphatic carbocycles. The summed E-state index contributed by atoms with van der Waals surface area (Å²) in [5, 5.41) is 10.8. The average Bonchev–Trinajstić information content (AvgIpc) is 3.34. The minimum Gasteiger partial charge on any atom is -0.444 e. The number of oxazole rings is 1. The number of halogens is 1. The number of nitrogens with zero attached hydrogens (tertiary/aromatic N) is 4. The maximum atomic E-state index is 5.59. The van der Waals surface area contributed by atoms with Gasteiger partial charge in [0, 0.05) is 38.1 Å². The molecule has 0 spiro atoms. The molecule has 0 fully saturated rings. The second kappa shape index (κ2) is 10.8. The molecule has 0 amide bonds. The van der Waals surface area contributed by atoms with Crippen LogP contribution in [0.4, 0.5) is 0 Å². The normalized spacial score (nSPS) is 12.3. The van der Waals surface area contributed by atoms with Crippen LogP contribution in [0.15, 0.2) is 58.4 Å². The van der Waals surface area contributed by atoms with E-state index >= 15 is 0 Å². The van der Waals surface area contributed by atoms with Crippen molar-refractivity contribution in [2.24, 2.45) is 10.9 Å². The predicted octanol–water partition coefficient (Wildman–Crippen LogP) is 3.47. The summed E-state index contributed by atoms with van der Waals surface area (Å²) < 4.78 is 7.53. The monoisotopic (exact) mass is 494 g/mol. The Labute approximate surface area is 182 Å². The number of aromatic nitrogens is 3. The van der Waals surface area contributed by atoms with Crippen LogP contribution in [0.1, 0.15) is 18.2 Å². The predicted molar refractivity (Wildman–Crippen MR) is 122 cm³/mol. The minimum absolute atomic E-state index is 0. The van der Waals surface area contributed by atoms with E-state index in [1.54, 1.807) is 19.5 Å². The van der Waals surface area contributed by atoms with Gasteiger partial charge in [-0.15, -0.1) is 24.0 Å². The Bertz CT molecular complexity index is 857. The van der Waals surface area contributed by atoms with Crippen molar-refractivity contribution >= 4 is 29.9 Å². The standard InChI is InChI=1S/C20H26N6O.HI/c1-15-5-7-17(8-6-15)19-25-18(14-27-19)12-23-20(21-3)22-11-16(2)13-26-10-4-9-24-26;/h4-10,14,16H,11-13H2,1-3H3,(H2,21,22,23);1H. The van der Waals surface area contributed by atoms with Gasteiger partial charge in [0.05, 0.1) is 12.2 Å². The van der Waals surface area contributed by atoms with Crippen LogP contribution in [0.25, 0.3) is 11.5 Å². The summed E-state index contributed by atoms with van der Waals surface area (Å²) in [5.41, 5.74) is 3.02. The minimum atomic E-state index is 0. The number of hydrogen-bond acceptors (Lipinski definition) is 4. The number of nitrogens with one attached hydrogen (secondary N) is 2. The molecule has 1 unspecified atom stereocenters. The van der Waals surface area contributed by atoms with E-state index in [0.717, 1.165) is 30.3 Å². The Balaban J connectivity index is 0.00000280. The van der Waals surface area contributed by atoms with Crippen LogP contribution in [0, 0.1) is 12.8 Å². The van der Waals surface area contributed by atoms with E-state index in [1.807, 2.05) is 41.2 Å². The molecule has 0 bridgehead atoms. The van der Waals surface area contributed by atoms with E-state index in [0.29, 0.717) is 18.4 Å². The third-order valence-corrected chi connectivity index (χ3v) is 4.19. The van der Waals surface area contributed by atoms with Gasteiger partial charge < -0.3 is 15.1 Å². The van der Waals surface area contributed by atoms with Crippen LogP contribution in [0.5, 0.6) is 0 Å². The SMILES string of the molecule is CN=C(NCc1coc(-c2ccc(C)cc2)n1)NCC(C)Cn1cccn1.I. The number of rotatable bonds is 7. The van der Waals surface area contributed by atoms with Crippen LogP contribution >= 0.6 is 24.0 Å². The van der Waals surface area contributed by atoms with Gasteiger partial charge in [-0.25, -0.2) is 4.98 Å². The van der Waals surface area contributed by atoms with Crippen LogP contribution < -0.4 is 10.6 Å². The van der Waals surface area contributed by atoms with Gasteiger partial charge in [-0.1, -0.05) is 24.6 Å². The third-order valence-electron chi connectivity index (χ3n) is 4.19. The number of aryl methyl sites for hydroxylation is 1. The van der Waals surface area contributed by atoms with Gasteiger partial charge in [-0.2, -0.15) is 5.10 Å². The van der Waals surface area contributed by atoms with Crippen molar-refractivity contribution in [2.45, 2.75) is 26.9 Å². The summed E-state index contributed by atoms with van der Waals surface area (Å²) in [7, 11) is 1.76. The van der Waals surface area contributed by atoms with Gasteiger partial charge in [0.1, 0.15) is 6.26 Å². The quantitative estimate of drug-likeness (QED) is 0.299.